The van der Waals surface area contributed by atoms with Crippen molar-refractivity contribution >= 4 is 33.3 Å². The number of carbonyl (C=O) groups excluding carboxylic acids is 1. The molecule has 2 aromatic carbocycles. The molecule has 21 heavy (non-hydrogen) atoms. The molecule has 0 atom stereocenters. The average Bonchev–Trinajstić information content (AvgIpc) is 2.49. The lowest BCUT2D eigenvalue weighted by atomic mass is 10.1. The zero-order valence-corrected chi connectivity index (χ0v) is 13.4. The highest BCUT2D eigenvalue weighted by molar-refractivity contribution is 9.10. The van der Waals surface area contributed by atoms with Crippen molar-refractivity contribution in [2.24, 2.45) is 0 Å². The Balaban J connectivity index is 2.13. The predicted octanol–water partition coefficient (Wildman–Crippen LogP) is 4.51. The summed E-state index contributed by atoms with van der Waals surface area (Å²) in [6.07, 6.45) is 0. The van der Waals surface area contributed by atoms with Crippen molar-refractivity contribution in [3.8, 4) is 11.5 Å². The summed E-state index contributed by atoms with van der Waals surface area (Å²) >= 11 is 8.84. The Hall–Kier alpha value is -1.59. The van der Waals surface area contributed by atoms with E-state index >= 15 is 0 Å². The highest BCUT2D eigenvalue weighted by Gasteiger charge is 2.14. The van der Waals surface area contributed by atoms with Crippen molar-refractivity contribution in [1.82, 2.24) is 0 Å². The fourth-order valence-corrected chi connectivity index (χ4v) is 2.46. The number of halogens is 3. The topological polar surface area (TPSA) is 35.5 Å². The van der Waals surface area contributed by atoms with Gasteiger partial charge in [-0.3, -0.25) is 4.79 Å². The van der Waals surface area contributed by atoms with Crippen molar-refractivity contribution in [3.05, 3.63) is 57.3 Å². The summed E-state index contributed by atoms with van der Waals surface area (Å²) in [7, 11) is 1.48. The molecule has 0 aliphatic heterocycles. The molecule has 0 bridgehead atoms. The normalized spacial score (nSPS) is 10.3. The zero-order valence-electron chi connectivity index (χ0n) is 11.0. The third kappa shape index (κ3) is 3.74. The van der Waals surface area contributed by atoms with Crippen molar-refractivity contribution in [1.29, 1.82) is 0 Å². The van der Waals surface area contributed by atoms with Gasteiger partial charge in [-0.2, -0.15) is 0 Å². The van der Waals surface area contributed by atoms with E-state index in [2.05, 4.69) is 15.9 Å². The molecular formula is C15H11BrClFO3. The van der Waals surface area contributed by atoms with E-state index in [1.54, 1.807) is 24.3 Å². The molecule has 0 N–H and O–H groups in total. The van der Waals surface area contributed by atoms with E-state index < -0.39 is 5.82 Å². The standard InChI is InChI=1S/C15H11BrClFO3/c1-20-14-5-3-2-4-9(14)13(19)8-21-15-7-12(18)11(17)6-10(15)16/h2-7H,8H2,1H3. The molecule has 0 heterocycles. The molecule has 0 unspecified atom stereocenters. The third-order valence-electron chi connectivity index (χ3n) is 2.74. The molecule has 110 valence electrons. The van der Waals surface area contributed by atoms with Crippen LogP contribution < -0.4 is 9.47 Å². The number of benzene rings is 2. The first-order valence-electron chi connectivity index (χ1n) is 5.96. The Kier molecular flexibility index (Phi) is 5.20. The van der Waals surface area contributed by atoms with Crippen molar-refractivity contribution in [2.75, 3.05) is 13.7 Å². The highest BCUT2D eigenvalue weighted by atomic mass is 79.9. The summed E-state index contributed by atoms with van der Waals surface area (Å²) in [4.78, 5) is 12.1. The van der Waals surface area contributed by atoms with Crippen molar-refractivity contribution in [2.45, 2.75) is 0 Å². The van der Waals surface area contributed by atoms with Gasteiger partial charge < -0.3 is 9.47 Å². The van der Waals surface area contributed by atoms with E-state index in [1.165, 1.54) is 13.2 Å². The van der Waals surface area contributed by atoms with Crippen LogP contribution >= 0.6 is 27.5 Å². The van der Waals surface area contributed by atoms with Crippen LogP contribution in [0.1, 0.15) is 10.4 Å². The van der Waals surface area contributed by atoms with Gasteiger partial charge in [-0.1, -0.05) is 23.7 Å². The van der Waals surface area contributed by atoms with E-state index in [-0.39, 0.29) is 23.2 Å². The van der Waals surface area contributed by atoms with Crippen LogP contribution in [0.2, 0.25) is 5.02 Å². The quantitative estimate of drug-likeness (QED) is 0.571. The molecule has 0 radical (unpaired) electrons. The maximum Gasteiger partial charge on any atom is 0.203 e. The van der Waals surface area contributed by atoms with Gasteiger partial charge in [0.1, 0.15) is 17.3 Å². The van der Waals surface area contributed by atoms with Gasteiger partial charge in [0, 0.05) is 6.07 Å². The van der Waals surface area contributed by atoms with Gasteiger partial charge in [0.15, 0.2) is 6.61 Å². The maximum atomic E-state index is 13.4. The minimum Gasteiger partial charge on any atom is -0.496 e. The highest BCUT2D eigenvalue weighted by Crippen LogP contribution is 2.30. The summed E-state index contributed by atoms with van der Waals surface area (Å²) in [5.74, 6) is -0.207. The second-order valence-electron chi connectivity index (χ2n) is 4.11. The lowest BCUT2D eigenvalue weighted by Crippen LogP contribution is -2.13. The lowest BCUT2D eigenvalue weighted by molar-refractivity contribution is 0.0917. The number of hydrogen-bond donors (Lipinski definition) is 0. The molecule has 0 aliphatic carbocycles. The Morgan fingerprint density at radius 2 is 2.00 bits per heavy atom. The Labute approximate surface area is 134 Å². The minimum atomic E-state index is -0.611. The molecule has 2 aromatic rings. The molecule has 0 spiro atoms. The van der Waals surface area contributed by atoms with E-state index in [9.17, 15) is 9.18 Å². The third-order valence-corrected chi connectivity index (χ3v) is 3.65. The second kappa shape index (κ2) is 6.91. The number of methoxy groups -OCH3 is 1. The predicted molar refractivity (Wildman–Crippen MR) is 81.9 cm³/mol. The average molecular weight is 374 g/mol. The SMILES string of the molecule is COc1ccccc1C(=O)COc1cc(F)c(Cl)cc1Br. The molecule has 0 aromatic heterocycles. The molecule has 0 saturated carbocycles. The van der Waals surface area contributed by atoms with Crippen LogP contribution in [0, 0.1) is 5.82 Å². The van der Waals surface area contributed by atoms with Crippen LogP contribution in [0.15, 0.2) is 40.9 Å². The van der Waals surface area contributed by atoms with Crippen molar-refractivity contribution < 1.29 is 18.7 Å². The summed E-state index contributed by atoms with van der Waals surface area (Å²) in [5.41, 5.74) is 0.408. The number of Topliss-reactive ketones (excluding diaryl/α,β-unsaturated/α-hetero) is 1. The van der Waals surface area contributed by atoms with E-state index in [0.29, 0.717) is 15.8 Å². The van der Waals surface area contributed by atoms with Crippen LogP contribution in [0.25, 0.3) is 0 Å². The van der Waals surface area contributed by atoms with Gasteiger partial charge in [-0.05, 0) is 34.1 Å². The van der Waals surface area contributed by atoms with Gasteiger partial charge >= 0.3 is 0 Å². The Morgan fingerprint density at radius 1 is 1.29 bits per heavy atom. The number of ketones is 1. The molecule has 3 nitrogen and oxygen atoms in total. The van der Waals surface area contributed by atoms with E-state index in [0.717, 1.165) is 6.07 Å². The smallest absolute Gasteiger partial charge is 0.203 e. The van der Waals surface area contributed by atoms with Crippen LogP contribution in [-0.4, -0.2) is 19.5 Å². The van der Waals surface area contributed by atoms with Gasteiger partial charge in [0.2, 0.25) is 5.78 Å². The van der Waals surface area contributed by atoms with Gasteiger partial charge in [-0.25, -0.2) is 4.39 Å². The number of hydrogen-bond acceptors (Lipinski definition) is 3. The fraction of sp³-hybridized carbons (Fsp3) is 0.133. The molecule has 0 saturated heterocycles. The van der Waals surface area contributed by atoms with Crippen molar-refractivity contribution in [3.63, 3.8) is 0 Å². The second-order valence-corrected chi connectivity index (χ2v) is 5.37. The van der Waals surface area contributed by atoms with Gasteiger partial charge in [-0.15, -0.1) is 0 Å². The number of para-hydroxylation sites is 1. The van der Waals surface area contributed by atoms with Gasteiger partial charge in [0.25, 0.3) is 0 Å². The minimum absolute atomic E-state index is 0.0229. The van der Waals surface area contributed by atoms with E-state index in [1.807, 2.05) is 0 Å². The monoisotopic (exact) mass is 372 g/mol. The number of ether oxygens (including phenoxy) is 2. The molecule has 2 rings (SSSR count). The Bertz CT molecular complexity index is 676. The van der Waals surface area contributed by atoms with E-state index in [4.69, 9.17) is 21.1 Å². The zero-order chi connectivity index (χ0) is 15.4. The number of rotatable bonds is 5. The molecule has 6 heteroatoms. The summed E-state index contributed by atoms with van der Waals surface area (Å²) < 4.78 is 24.3. The molecule has 0 fully saturated rings. The van der Waals surface area contributed by atoms with Crippen LogP contribution in [0.5, 0.6) is 11.5 Å². The maximum absolute atomic E-state index is 13.4. The first-order chi connectivity index (χ1) is 10.0. The number of carbonyl (C=O) groups is 1. The summed E-state index contributed by atoms with van der Waals surface area (Å²) in [5, 5.41) is -0.0229. The molecular weight excluding hydrogens is 363 g/mol. The first kappa shape index (κ1) is 15.8. The summed E-state index contributed by atoms with van der Waals surface area (Å²) in [6.45, 7) is -0.236. The Morgan fingerprint density at radius 3 is 2.71 bits per heavy atom. The van der Waals surface area contributed by atoms with Crippen LogP contribution in [-0.2, 0) is 0 Å². The van der Waals surface area contributed by atoms with Crippen LogP contribution in [0.3, 0.4) is 0 Å². The van der Waals surface area contributed by atoms with Gasteiger partial charge in [0.05, 0.1) is 22.2 Å². The largest absolute Gasteiger partial charge is 0.496 e. The molecule has 0 amide bonds. The summed E-state index contributed by atoms with van der Waals surface area (Å²) in [6, 6.07) is 9.32. The first-order valence-corrected chi connectivity index (χ1v) is 7.13. The van der Waals surface area contributed by atoms with Crippen LogP contribution in [0.4, 0.5) is 4.39 Å². The fourth-order valence-electron chi connectivity index (χ4n) is 1.71. The molecule has 0 aliphatic rings. The lowest BCUT2D eigenvalue weighted by Gasteiger charge is -2.10.